The van der Waals surface area contributed by atoms with Gasteiger partial charge < -0.3 is 14.4 Å². The zero-order chi connectivity index (χ0) is 13.8. The lowest BCUT2D eigenvalue weighted by Crippen LogP contribution is -2.43. The molecular weight excluding hydrogens is 262 g/mol. The van der Waals surface area contributed by atoms with Gasteiger partial charge in [0.05, 0.1) is 25.9 Å². The van der Waals surface area contributed by atoms with Crippen molar-refractivity contribution in [2.45, 2.75) is 6.92 Å². The van der Waals surface area contributed by atoms with Crippen LogP contribution in [0.1, 0.15) is 15.9 Å². The van der Waals surface area contributed by atoms with Crippen LogP contribution < -0.4 is 4.74 Å². The zero-order valence-corrected chi connectivity index (χ0v) is 12.0. The summed E-state index contributed by atoms with van der Waals surface area (Å²) in [5, 5.41) is 0. The number of ether oxygens (including phenoxy) is 2. The van der Waals surface area contributed by atoms with E-state index >= 15 is 0 Å². The number of rotatable bonds is 3. The molecule has 1 fully saturated rings. The Morgan fingerprint density at radius 2 is 2.05 bits per heavy atom. The Morgan fingerprint density at radius 3 is 2.68 bits per heavy atom. The van der Waals surface area contributed by atoms with Gasteiger partial charge in [-0.3, -0.25) is 4.79 Å². The molecule has 0 saturated carbocycles. The summed E-state index contributed by atoms with van der Waals surface area (Å²) in [4.78, 5) is 14.7. The van der Waals surface area contributed by atoms with Crippen LogP contribution in [0.4, 0.5) is 0 Å². The number of hydrogen-bond acceptors (Lipinski definition) is 4. The maximum atomic E-state index is 12.4. The van der Waals surface area contributed by atoms with Crippen LogP contribution in [-0.2, 0) is 4.74 Å². The Balaban J connectivity index is 2.21. The maximum Gasteiger partial charge on any atom is 0.223 e. The quantitative estimate of drug-likeness (QED) is 0.623. The molecule has 19 heavy (non-hydrogen) atoms. The van der Waals surface area contributed by atoms with Crippen LogP contribution in [-0.4, -0.2) is 49.1 Å². The normalized spacial score (nSPS) is 15.2. The second-order valence-corrected chi connectivity index (χ2v) is 4.82. The number of hydrogen-bond donors (Lipinski definition) is 0. The molecule has 2 rings (SSSR count). The third kappa shape index (κ3) is 3.11. The molecule has 0 spiro atoms. The molecule has 0 unspecified atom stereocenters. The summed E-state index contributed by atoms with van der Waals surface area (Å²) in [6.45, 7) is 4.51. The number of benzene rings is 1. The summed E-state index contributed by atoms with van der Waals surface area (Å²) >= 11 is 5.28. The molecule has 0 N–H and O–H groups in total. The lowest BCUT2D eigenvalue weighted by molar-refractivity contribution is 0.0670. The van der Waals surface area contributed by atoms with Crippen molar-refractivity contribution in [2.75, 3.05) is 33.4 Å². The van der Waals surface area contributed by atoms with E-state index in [1.807, 2.05) is 24.0 Å². The van der Waals surface area contributed by atoms with Gasteiger partial charge >= 0.3 is 0 Å². The second-order valence-electron chi connectivity index (χ2n) is 4.44. The van der Waals surface area contributed by atoms with Crippen molar-refractivity contribution in [3.63, 3.8) is 0 Å². The van der Waals surface area contributed by atoms with Crippen molar-refractivity contribution in [1.82, 2.24) is 4.90 Å². The van der Waals surface area contributed by atoms with Crippen molar-refractivity contribution in [3.8, 4) is 5.75 Å². The predicted octanol–water partition coefficient (Wildman–Crippen LogP) is 1.85. The fraction of sp³-hybridized carbons (Fsp3) is 0.429. The monoisotopic (exact) mass is 279 g/mol. The summed E-state index contributed by atoms with van der Waals surface area (Å²) in [6.07, 6.45) is 0. The van der Waals surface area contributed by atoms with Crippen LogP contribution in [0.5, 0.6) is 5.75 Å². The fourth-order valence-corrected chi connectivity index (χ4v) is 2.30. The number of thiocarbonyl (C=S) groups is 1. The van der Waals surface area contributed by atoms with E-state index in [0.717, 1.165) is 5.56 Å². The average Bonchev–Trinajstić information content (AvgIpc) is 2.46. The van der Waals surface area contributed by atoms with Crippen molar-refractivity contribution < 1.29 is 14.3 Å². The molecule has 1 aliphatic heterocycles. The number of methoxy groups -OCH3 is 1. The second kappa shape index (κ2) is 6.12. The molecule has 1 heterocycles. The first-order chi connectivity index (χ1) is 9.13. The van der Waals surface area contributed by atoms with Gasteiger partial charge in [-0.1, -0.05) is 18.3 Å². The summed E-state index contributed by atoms with van der Waals surface area (Å²) in [7, 11) is 1.56. The lowest BCUT2D eigenvalue weighted by Gasteiger charge is -2.28. The van der Waals surface area contributed by atoms with Crippen molar-refractivity contribution >= 4 is 23.0 Å². The Labute approximate surface area is 118 Å². The molecule has 0 radical (unpaired) electrons. The first kappa shape index (κ1) is 14.0. The Bertz CT molecular complexity index is 495. The number of aryl methyl sites for hydroxylation is 1. The Hall–Kier alpha value is -1.46. The van der Waals surface area contributed by atoms with Crippen molar-refractivity contribution in [1.29, 1.82) is 0 Å². The first-order valence-electron chi connectivity index (χ1n) is 6.19. The SMILES string of the molecule is COc1cc(C)ccc1C(=O)C(=S)N1CCOCC1. The number of carbonyl (C=O) groups excluding carboxylic acids is 1. The van der Waals surface area contributed by atoms with E-state index in [4.69, 9.17) is 21.7 Å². The molecule has 1 aromatic carbocycles. The average molecular weight is 279 g/mol. The van der Waals surface area contributed by atoms with Gasteiger partial charge in [0, 0.05) is 13.1 Å². The predicted molar refractivity (Wildman–Crippen MR) is 77.1 cm³/mol. The highest BCUT2D eigenvalue weighted by Gasteiger charge is 2.23. The number of ketones is 1. The number of morpholine rings is 1. The van der Waals surface area contributed by atoms with Crippen LogP contribution in [0.15, 0.2) is 18.2 Å². The van der Waals surface area contributed by atoms with E-state index < -0.39 is 0 Å². The standard InChI is InChI=1S/C14H17NO3S/c1-10-3-4-11(12(9-10)17-2)13(16)14(19)15-5-7-18-8-6-15/h3-4,9H,5-8H2,1-2H3. The highest BCUT2D eigenvalue weighted by molar-refractivity contribution is 7.82. The molecule has 0 atom stereocenters. The fourth-order valence-electron chi connectivity index (χ4n) is 2.01. The zero-order valence-electron chi connectivity index (χ0n) is 11.1. The Morgan fingerprint density at radius 1 is 1.37 bits per heavy atom. The van der Waals surface area contributed by atoms with E-state index in [2.05, 4.69) is 0 Å². The van der Waals surface area contributed by atoms with Gasteiger partial charge in [-0.25, -0.2) is 0 Å². The smallest absolute Gasteiger partial charge is 0.223 e. The maximum absolute atomic E-state index is 12.4. The number of nitrogens with zero attached hydrogens (tertiary/aromatic N) is 1. The summed E-state index contributed by atoms with van der Waals surface area (Å²) in [5.41, 5.74) is 1.57. The molecule has 1 aromatic rings. The highest BCUT2D eigenvalue weighted by atomic mass is 32.1. The summed E-state index contributed by atoms with van der Waals surface area (Å²) < 4.78 is 10.5. The van der Waals surface area contributed by atoms with Gasteiger partial charge in [0.25, 0.3) is 0 Å². The molecule has 4 nitrogen and oxygen atoms in total. The largest absolute Gasteiger partial charge is 0.496 e. The molecule has 102 valence electrons. The minimum Gasteiger partial charge on any atom is -0.496 e. The first-order valence-corrected chi connectivity index (χ1v) is 6.60. The van der Waals surface area contributed by atoms with Gasteiger partial charge in [-0.15, -0.1) is 0 Å². The van der Waals surface area contributed by atoms with Crippen LogP contribution >= 0.6 is 12.2 Å². The van der Waals surface area contributed by atoms with E-state index in [1.165, 1.54) is 0 Å². The highest BCUT2D eigenvalue weighted by Crippen LogP contribution is 2.21. The van der Waals surface area contributed by atoms with E-state index in [9.17, 15) is 4.79 Å². The van der Waals surface area contributed by atoms with Gasteiger partial charge in [-0.05, 0) is 24.6 Å². The third-order valence-corrected chi connectivity index (χ3v) is 3.54. The third-order valence-electron chi connectivity index (χ3n) is 3.09. The van der Waals surface area contributed by atoms with Gasteiger partial charge in [0.15, 0.2) is 4.99 Å². The van der Waals surface area contributed by atoms with Gasteiger partial charge in [-0.2, -0.15) is 0 Å². The lowest BCUT2D eigenvalue weighted by atomic mass is 10.1. The van der Waals surface area contributed by atoms with Gasteiger partial charge in [0.2, 0.25) is 5.78 Å². The minimum atomic E-state index is -0.159. The van der Waals surface area contributed by atoms with Crippen LogP contribution in [0.3, 0.4) is 0 Å². The Kier molecular flexibility index (Phi) is 4.50. The van der Waals surface area contributed by atoms with E-state index in [1.54, 1.807) is 13.2 Å². The molecule has 0 aliphatic carbocycles. The van der Waals surface area contributed by atoms with Crippen molar-refractivity contribution in [3.05, 3.63) is 29.3 Å². The van der Waals surface area contributed by atoms with E-state index in [0.29, 0.717) is 42.6 Å². The number of Topliss-reactive ketones (excluding diaryl/α,β-unsaturated/α-hetero) is 1. The molecule has 5 heteroatoms. The number of carbonyl (C=O) groups is 1. The van der Waals surface area contributed by atoms with Crippen molar-refractivity contribution in [2.24, 2.45) is 0 Å². The molecule has 0 amide bonds. The van der Waals surface area contributed by atoms with Crippen LogP contribution in [0.2, 0.25) is 0 Å². The van der Waals surface area contributed by atoms with Gasteiger partial charge in [0.1, 0.15) is 5.75 Å². The molecular formula is C14H17NO3S. The molecule has 1 saturated heterocycles. The van der Waals surface area contributed by atoms with Crippen LogP contribution in [0, 0.1) is 6.92 Å². The minimum absolute atomic E-state index is 0.159. The summed E-state index contributed by atoms with van der Waals surface area (Å²) in [6, 6.07) is 5.50. The molecule has 0 bridgehead atoms. The van der Waals surface area contributed by atoms with E-state index in [-0.39, 0.29) is 5.78 Å². The van der Waals surface area contributed by atoms with Crippen LogP contribution in [0.25, 0.3) is 0 Å². The topological polar surface area (TPSA) is 38.8 Å². The molecule has 0 aromatic heterocycles. The molecule has 1 aliphatic rings. The summed E-state index contributed by atoms with van der Waals surface area (Å²) in [5.74, 6) is 0.411.